The zero-order chi connectivity index (χ0) is 10.7. The van der Waals surface area contributed by atoms with E-state index >= 15 is 0 Å². The van der Waals surface area contributed by atoms with Gasteiger partial charge in [-0.05, 0) is 6.07 Å². The van der Waals surface area contributed by atoms with Crippen LogP contribution >= 0.6 is 11.6 Å². The summed E-state index contributed by atoms with van der Waals surface area (Å²) < 4.78 is 37.3. The van der Waals surface area contributed by atoms with E-state index in [1.165, 1.54) is 0 Å². The molecule has 14 heavy (non-hydrogen) atoms. The van der Waals surface area contributed by atoms with Gasteiger partial charge < -0.3 is 0 Å². The van der Waals surface area contributed by atoms with Gasteiger partial charge in [0.2, 0.25) is 0 Å². The molecule has 0 radical (unpaired) electrons. The van der Waals surface area contributed by atoms with Gasteiger partial charge in [0.05, 0.1) is 23.7 Å². The van der Waals surface area contributed by atoms with E-state index in [0.717, 1.165) is 6.07 Å². The topological polar surface area (TPSA) is 36.7 Å². The Morgan fingerprint density at radius 2 is 2.21 bits per heavy atom. The number of nitriles is 1. The lowest BCUT2D eigenvalue weighted by Crippen LogP contribution is -1.99. The average molecular weight is 221 g/mol. The van der Waals surface area contributed by atoms with Gasteiger partial charge in [-0.1, -0.05) is 11.6 Å². The number of alkyl halides is 2. The van der Waals surface area contributed by atoms with Gasteiger partial charge in [0.25, 0.3) is 6.43 Å². The summed E-state index contributed by atoms with van der Waals surface area (Å²) in [5.41, 5.74) is -0.882. The second kappa shape index (κ2) is 4.29. The van der Waals surface area contributed by atoms with E-state index in [1.807, 2.05) is 0 Å². The maximum atomic E-state index is 13.0. The van der Waals surface area contributed by atoms with Gasteiger partial charge in [0, 0.05) is 0 Å². The van der Waals surface area contributed by atoms with Crippen molar-refractivity contribution < 1.29 is 13.2 Å². The molecule has 1 heterocycles. The number of halogens is 4. The molecule has 0 atom stereocenters. The van der Waals surface area contributed by atoms with E-state index < -0.39 is 23.0 Å². The van der Waals surface area contributed by atoms with E-state index in [4.69, 9.17) is 16.9 Å². The fourth-order valence-corrected chi connectivity index (χ4v) is 1.19. The Hall–Kier alpha value is -1.28. The minimum atomic E-state index is -3.01. The molecule has 0 fully saturated rings. The smallest absolute Gasteiger partial charge is 0.239 e. The van der Waals surface area contributed by atoms with Crippen LogP contribution in [-0.2, 0) is 6.42 Å². The molecule has 0 bridgehead atoms. The Bertz CT molecular complexity index is 364. The van der Waals surface area contributed by atoms with Gasteiger partial charge in [-0.3, -0.25) is 0 Å². The third-order valence-corrected chi connectivity index (χ3v) is 1.78. The highest BCUT2D eigenvalue weighted by molar-refractivity contribution is 6.30. The Balaban J connectivity index is 3.19. The van der Waals surface area contributed by atoms with Crippen LogP contribution < -0.4 is 0 Å². The number of aromatic nitrogens is 1. The first kappa shape index (κ1) is 10.8. The van der Waals surface area contributed by atoms with Crippen LogP contribution in [0.15, 0.2) is 6.07 Å². The van der Waals surface area contributed by atoms with Crippen molar-refractivity contribution in [3.8, 4) is 6.07 Å². The predicted octanol–water partition coefficient (Wildman–Crippen LogP) is 2.88. The second-order valence-electron chi connectivity index (χ2n) is 2.44. The number of pyridine rings is 1. The van der Waals surface area contributed by atoms with Crippen molar-refractivity contribution in [1.29, 1.82) is 5.26 Å². The van der Waals surface area contributed by atoms with Crippen molar-refractivity contribution in [2.45, 2.75) is 12.8 Å². The van der Waals surface area contributed by atoms with Crippen molar-refractivity contribution in [1.82, 2.24) is 4.98 Å². The highest BCUT2D eigenvalue weighted by Crippen LogP contribution is 2.28. The number of rotatable bonds is 2. The molecular weight excluding hydrogens is 217 g/mol. The van der Waals surface area contributed by atoms with Gasteiger partial charge in [-0.15, -0.1) is 0 Å². The first-order valence-corrected chi connectivity index (χ1v) is 3.94. The number of hydrogen-bond donors (Lipinski definition) is 0. The van der Waals surface area contributed by atoms with Crippen LogP contribution in [-0.4, -0.2) is 4.98 Å². The van der Waals surface area contributed by atoms with Crippen LogP contribution in [0, 0.1) is 17.1 Å². The first-order valence-electron chi connectivity index (χ1n) is 3.56. The molecule has 0 spiro atoms. The van der Waals surface area contributed by atoms with Gasteiger partial charge in [-0.25, -0.2) is 18.2 Å². The van der Waals surface area contributed by atoms with Crippen molar-refractivity contribution >= 4 is 11.6 Å². The van der Waals surface area contributed by atoms with E-state index in [2.05, 4.69) is 4.98 Å². The molecule has 1 aromatic rings. The summed E-state index contributed by atoms with van der Waals surface area (Å²) in [6.07, 6.45) is -3.17. The molecule has 1 rings (SSSR count). The van der Waals surface area contributed by atoms with Crippen LogP contribution in [0.25, 0.3) is 0 Å². The normalized spacial score (nSPS) is 10.3. The lowest BCUT2D eigenvalue weighted by atomic mass is 10.2. The lowest BCUT2D eigenvalue weighted by molar-refractivity contribution is 0.146. The quantitative estimate of drug-likeness (QED) is 0.719. The molecule has 6 heteroatoms. The predicted molar refractivity (Wildman–Crippen MR) is 43.5 cm³/mol. The Labute approximate surface area is 82.9 Å². The third kappa shape index (κ3) is 2.15. The molecular formula is C8H4ClF3N2. The number of hydrogen-bond acceptors (Lipinski definition) is 2. The van der Waals surface area contributed by atoms with Crippen LogP contribution in [0.4, 0.5) is 13.2 Å². The third-order valence-electron chi connectivity index (χ3n) is 1.49. The largest absolute Gasteiger partial charge is 0.269 e. The van der Waals surface area contributed by atoms with Crippen molar-refractivity contribution in [2.75, 3.05) is 0 Å². The Morgan fingerprint density at radius 3 is 2.64 bits per heavy atom. The minimum Gasteiger partial charge on any atom is -0.239 e. The maximum Gasteiger partial charge on any atom is 0.269 e. The van der Waals surface area contributed by atoms with Gasteiger partial charge in [0.15, 0.2) is 0 Å². The maximum absolute atomic E-state index is 13.0. The van der Waals surface area contributed by atoms with Gasteiger partial charge in [0.1, 0.15) is 11.0 Å². The molecule has 0 aliphatic rings. The molecule has 0 N–H and O–H groups in total. The lowest BCUT2D eigenvalue weighted by Gasteiger charge is -2.04. The molecule has 0 amide bonds. The summed E-state index contributed by atoms with van der Waals surface area (Å²) >= 11 is 5.32. The summed E-state index contributed by atoms with van der Waals surface area (Å²) in [6, 6.07) is 2.50. The van der Waals surface area contributed by atoms with Crippen LogP contribution in [0.5, 0.6) is 0 Å². The molecule has 0 aliphatic heterocycles. The van der Waals surface area contributed by atoms with Crippen LogP contribution in [0.2, 0.25) is 5.15 Å². The van der Waals surface area contributed by atoms with Crippen LogP contribution in [0.1, 0.15) is 17.7 Å². The molecule has 2 nitrogen and oxygen atoms in total. The molecule has 0 saturated carbocycles. The zero-order valence-electron chi connectivity index (χ0n) is 6.77. The first-order chi connectivity index (χ1) is 6.56. The van der Waals surface area contributed by atoms with Gasteiger partial charge >= 0.3 is 0 Å². The van der Waals surface area contributed by atoms with Crippen molar-refractivity contribution in [2.24, 2.45) is 0 Å². The standard InChI is InChI=1S/C8H4ClF3N2/c9-7-6(8(11)12)5(10)3-4(14-7)1-2-13/h3,8H,1H2. The summed E-state index contributed by atoms with van der Waals surface area (Å²) in [5.74, 6) is -1.13. The average Bonchev–Trinajstić information content (AvgIpc) is 2.01. The number of nitrogens with zero attached hydrogens (tertiary/aromatic N) is 2. The Kier molecular flexibility index (Phi) is 3.31. The summed E-state index contributed by atoms with van der Waals surface area (Å²) in [4.78, 5) is 3.47. The van der Waals surface area contributed by atoms with Crippen LogP contribution in [0.3, 0.4) is 0 Å². The highest BCUT2D eigenvalue weighted by atomic mass is 35.5. The molecule has 1 aromatic heterocycles. The highest BCUT2D eigenvalue weighted by Gasteiger charge is 2.19. The Morgan fingerprint density at radius 1 is 1.57 bits per heavy atom. The SMILES string of the molecule is N#CCc1cc(F)c(C(F)F)c(Cl)n1. The molecule has 0 aliphatic carbocycles. The van der Waals surface area contributed by atoms with E-state index in [0.29, 0.717) is 0 Å². The van der Waals surface area contributed by atoms with E-state index in [1.54, 1.807) is 6.07 Å². The zero-order valence-corrected chi connectivity index (χ0v) is 7.52. The fraction of sp³-hybridized carbons (Fsp3) is 0.250. The minimum absolute atomic E-state index is 0.0411. The monoisotopic (exact) mass is 220 g/mol. The molecule has 0 saturated heterocycles. The molecule has 0 aromatic carbocycles. The van der Waals surface area contributed by atoms with Crippen molar-refractivity contribution in [3.63, 3.8) is 0 Å². The van der Waals surface area contributed by atoms with Crippen molar-refractivity contribution in [3.05, 3.63) is 28.3 Å². The second-order valence-corrected chi connectivity index (χ2v) is 2.79. The van der Waals surface area contributed by atoms with Gasteiger partial charge in [-0.2, -0.15) is 5.26 Å². The summed E-state index contributed by atoms with van der Waals surface area (Å²) in [6.45, 7) is 0. The summed E-state index contributed by atoms with van der Waals surface area (Å²) in [7, 11) is 0. The van der Waals surface area contributed by atoms with E-state index in [-0.39, 0.29) is 12.1 Å². The summed E-state index contributed by atoms with van der Waals surface area (Å²) in [5, 5.41) is 7.68. The van der Waals surface area contributed by atoms with E-state index in [9.17, 15) is 13.2 Å². The molecule has 74 valence electrons. The molecule has 0 unspecified atom stereocenters. The fourth-order valence-electron chi connectivity index (χ4n) is 0.907.